The quantitative estimate of drug-likeness (QED) is 0.647. The Hall–Kier alpha value is -1.76. The molecule has 1 aliphatic carbocycles. The van der Waals surface area contributed by atoms with Gasteiger partial charge in [0.05, 0.1) is 21.8 Å². The Balaban J connectivity index is 1.68. The van der Waals surface area contributed by atoms with Gasteiger partial charge in [-0.25, -0.2) is 0 Å². The predicted molar refractivity (Wildman–Crippen MR) is 112 cm³/mol. The monoisotopic (exact) mass is 442 g/mol. The van der Waals surface area contributed by atoms with E-state index < -0.39 is 15.8 Å². The molecular weight excluding hydrogens is 423 g/mol. The first-order chi connectivity index (χ1) is 12.9. The molecule has 0 radical (unpaired) electrons. The zero-order valence-corrected chi connectivity index (χ0v) is 18.2. The number of carbonyl (C=O) groups is 2. The molecule has 28 heavy (non-hydrogen) atoms. The lowest BCUT2D eigenvalue weighted by Gasteiger charge is -2.16. The number of nitrogens with zero attached hydrogens (tertiary/aromatic N) is 2. The maximum atomic E-state index is 12.6. The first-order valence-electron chi connectivity index (χ1n) is 8.77. The zero-order valence-electron chi connectivity index (χ0n) is 15.9. The molecular formula is C19H21Cl3N4O2. The van der Waals surface area contributed by atoms with Crippen molar-refractivity contribution in [2.45, 2.75) is 44.5 Å². The van der Waals surface area contributed by atoms with Crippen molar-refractivity contribution in [2.24, 2.45) is 5.41 Å². The molecule has 2 unspecified atom stereocenters. The standard InChI is InChI=1S/C19H21Cl3N4O2/c1-10-7-11(2)26(25-10)12(3)16(27)24-15-6-5-13(8-14(15)20)23-17(28)18(4)9-19(18,21)22/h5-8,12H,9H2,1-4H3,(H,23,28)(H,24,27). The van der Waals surface area contributed by atoms with Crippen molar-refractivity contribution in [3.8, 4) is 0 Å². The molecule has 2 atom stereocenters. The number of amides is 2. The van der Waals surface area contributed by atoms with Crippen molar-refractivity contribution in [3.05, 3.63) is 40.7 Å². The largest absolute Gasteiger partial charge is 0.325 e. The molecule has 2 amide bonds. The number of anilines is 2. The molecule has 1 aromatic heterocycles. The molecule has 1 heterocycles. The molecule has 0 saturated heterocycles. The Kier molecular flexibility index (Phi) is 5.42. The maximum absolute atomic E-state index is 12.6. The van der Waals surface area contributed by atoms with E-state index in [1.807, 2.05) is 19.9 Å². The number of rotatable bonds is 5. The molecule has 3 rings (SSSR count). The van der Waals surface area contributed by atoms with Gasteiger partial charge in [0.15, 0.2) is 0 Å². The van der Waals surface area contributed by atoms with E-state index in [4.69, 9.17) is 34.8 Å². The van der Waals surface area contributed by atoms with Crippen LogP contribution in [0.3, 0.4) is 0 Å². The van der Waals surface area contributed by atoms with Crippen LogP contribution in [0, 0.1) is 19.3 Å². The van der Waals surface area contributed by atoms with Crippen LogP contribution in [0.15, 0.2) is 24.3 Å². The van der Waals surface area contributed by atoms with Gasteiger partial charge in [0.25, 0.3) is 0 Å². The third-order valence-electron chi connectivity index (χ3n) is 5.03. The second-order valence-electron chi connectivity index (χ2n) is 7.40. The predicted octanol–water partition coefficient (Wildman–Crippen LogP) is 4.88. The van der Waals surface area contributed by atoms with Crippen LogP contribution in [0.1, 0.15) is 37.7 Å². The highest BCUT2D eigenvalue weighted by molar-refractivity contribution is 6.53. The summed E-state index contributed by atoms with van der Waals surface area (Å²) >= 11 is 18.4. The van der Waals surface area contributed by atoms with Crippen LogP contribution in [-0.4, -0.2) is 25.9 Å². The third-order valence-corrected chi connectivity index (χ3v) is 6.45. The highest BCUT2D eigenvalue weighted by Gasteiger charge is 2.67. The van der Waals surface area contributed by atoms with Crippen LogP contribution in [0.2, 0.25) is 5.02 Å². The van der Waals surface area contributed by atoms with Crippen molar-refractivity contribution in [1.82, 2.24) is 9.78 Å². The van der Waals surface area contributed by atoms with Crippen molar-refractivity contribution < 1.29 is 9.59 Å². The summed E-state index contributed by atoms with van der Waals surface area (Å²) in [5.74, 6) is -0.520. The highest BCUT2D eigenvalue weighted by Crippen LogP contribution is 2.64. The summed E-state index contributed by atoms with van der Waals surface area (Å²) in [4.78, 5) is 24.9. The summed E-state index contributed by atoms with van der Waals surface area (Å²) < 4.78 is 0.613. The van der Waals surface area contributed by atoms with Crippen molar-refractivity contribution in [3.63, 3.8) is 0 Å². The van der Waals surface area contributed by atoms with Gasteiger partial charge >= 0.3 is 0 Å². The Labute approximate surface area is 178 Å². The lowest BCUT2D eigenvalue weighted by atomic mass is 10.1. The van der Waals surface area contributed by atoms with Gasteiger partial charge in [0, 0.05) is 11.4 Å². The average Bonchev–Trinajstić information content (AvgIpc) is 2.94. The summed E-state index contributed by atoms with van der Waals surface area (Å²) in [5.41, 5.74) is 1.85. The van der Waals surface area contributed by atoms with E-state index in [0.29, 0.717) is 22.8 Å². The van der Waals surface area contributed by atoms with Crippen LogP contribution in [0.4, 0.5) is 11.4 Å². The molecule has 2 aromatic rings. The summed E-state index contributed by atoms with van der Waals surface area (Å²) in [6.45, 7) is 7.24. The number of aryl methyl sites for hydroxylation is 2. The van der Waals surface area contributed by atoms with Crippen molar-refractivity contribution in [1.29, 1.82) is 0 Å². The van der Waals surface area contributed by atoms with Gasteiger partial charge in [-0.1, -0.05) is 11.6 Å². The van der Waals surface area contributed by atoms with E-state index in [0.717, 1.165) is 11.4 Å². The molecule has 0 aliphatic heterocycles. The van der Waals surface area contributed by atoms with Gasteiger partial charge in [-0.05, 0) is 58.4 Å². The number of alkyl halides is 2. The molecule has 6 nitrogen and oxygen atoms in total. The van der Waals surface area contributed by atoms with E-state index in [1.165, 1.54) is 0 Å². The molecule has 9 heteroatoms. The molecule has 1 fully saturated rings. The van der Waals surface area contributed by atoms with Crippen LogP contribution in [0.5, 0.6) is 0 Å². The summed E-state index contributed by atoms with van der Waals surface area (Å²) in [6.07, 6.45) is 0.390. The summed E-state index contributed by atoms with van der Waals surface area (Å²) in [6, 6.07) is 6.26. The number of halogens is 3. The Morgan fingerprint density at radius 3 is 2.36 bits per heavy atom. The fourth-order valence-corrected chi connectivity index (χ4v) is 3.93. The fourth-order valence-electron chi connectivity index (χ4n) is 3.00. The van der Waals surface area contributed by atoms with Gasteiger partial charge in [-0.15, -0.1) is 23.2 Å². The first kappa shape index (κ1) is 21.0. The molecule has 150 valence electrons. The fraction of sp³-hybridized carbons (Fsp3) is 0.421. The number of hydrogen-bond donors (Lipinski definition) is 2. The Bertz CT molecular complexity index is 957. The molecule has 1 saturated carbocycles. The number of carbonyl (C=O) groups excluding carboxylic acids is 2. The number of nitrogens with one attached hydrogen (secondary N) is 2. The first-order valence-corrected chi connectivity index (χ1v) is 9.90. The topological polar surface area (TPSA) is 76.0 Å². The second kappa shape index (κ2) is 7.25. The van der Waals surface area contributed by atoms with Crippen LogP contribution in [-0.2, 0) is 9.59 Å². The minimum absolute atomic E-state index is 0.246. The smallest absolute Gasteiger partial charge is 0.248 e. The zero-order chi connectivity index (χ0) is 20.9. The third kappa shape index (κ3) is 3.86. The Morgan fingerprint density at radius 1 is 1.21 bits per heavy atom. The molecule has 0 bridgehead atoms. The van der Waals surface area contributed by atoms with Crippen LogP contribution >= 0.6 is 34.8 Å². The van der Waals surface area contributed by atoms with Gasteiger partial charge in [0.2, 0.25) is 11.8 Å². The lowest BCUT2D eigenvalue weighted by molar-refractivity contribution is -0.120. The van der Waals surface area contributed by atoms with Gasteiger partial charge in [-0.2, -0.15) is 5.10 Å². The average molecular weight is 444 g/mol. The minimum atomic E-state index is -1.05. The Morgan fingerprint density at radius 2 is 1.86 bits per heavy atom. The van der Waals surface area contributed by atoms with E-state index >= 15 is 0 Å². The highest BCUT2D eigenvalue weighted by atomic mass is 35.5. The number of hydrogen-bond acceptors (Lipinski definition) is 3. The number of aromatic nitrogens is 2. The molecule has 2 N–H and O–H groups in total. The second-order valence-corrected chi connectivity index (χ2v) is 9.29. The normalized spacial score (nSPS) is 21.1. The molecule has 1 aromatic carbocycles. The van der Waals surface area contributed by atoms with Gasteiger partial charge in [-0.3, -0.25) is 14.3 Å². The van der Waals surface area contributed by atoms with Gasteiger partial charge in [0.1, 0.15) is 10.4 Å². The van der Waals surface area contributed by atoms with Crippen LogP contribution < -0.4 is 10.6 Å². The van der Waals surface area contributed by atoms with Gasteiger partial charge < -0.3 is 10.6 Å². The maximum Gasteiger partial charge on any atom is 0.248 e. The van der Waals surface area contributed by atoms with Crippen molar-refractivity contribution in [2.75, 3.05) is 10.6 Å². The molecule has 1 aliphatic rings. The van der Waals surface area contributed by atoms with E-state index in [1.54, 1.807) is 36.7 Å². The number of benzene rings is 1. The summed E-state index contributed by atoms with van der Waals surface area (Å²) in [7, 11) is 0. The van der Waals surface area contributed by atoms with E-state index in [-0.39, 0.29) is 11.8 Å². The lowest BCUT2D eigenvalue weighted by Crippen LogP contribution is -2.26. The minimum Gasteiger partial charge on any atom is -0.325 e. The van der Waals surface area contributed by atoms with Crippen molar-refractivity contribution >= 4 is 58.0 Å². The summed E-state index contributed by atoms with van der Waals surface area (Å²) in [5, 5.41) is 10.2. The van der Waals surface area contributed by atoms with E-state index in [2.05, 4.69) is 15.7 Å². The van der Waals surface area contributed by atoms with E-state index in [9.17, 15) is 9.59 Å². The molecule has 0 spiro atoms. The van der Waals surface area contributed by atoms with Crippen LogP contribution in [0.25, 0.3) is 0 Å². The SMILES string of the molecule is Cc1cc(C)n(C(C)C(=O)Nc2ccc(NC(=O)C3(C)CC3(Cl)Cl)cc2Cl)n1.